The molecule has 2 aliphatic rings. The summed E-state index contributed by atoms with van der Waals surface area (Å²) in [4.78, 5) is 43.0. The van der Waals surface area contributed by atoms with Crippen molar-refractivity contribution >= 4 is 29.2 Å². The van der Waals surface area contributed by atoms with Crippen molar-refractivity contribution in [2.45, 2.75) is 12.6 Å². The van der Waals surface area contributed by atoms with Crippen LogP contribution in [0.2, 0.25) is 0 Å². The minimum absolute atomic E-state index is 0.216. The topological polar surface area (TPSA) is 76.2 Å². The van der Waals surface area contributed by atoms with Crippen LogP contribution < -0.4 is 19.3 Å². The molecule has 182 valence electrons. The first kappa shape index (κ1) is 22.5. The summed E-state index contributed by atoms with van der Waals surface area (Å²) in [5, 5.41) is 0. The summed E-state index contributed by atoms with van der Waals surface area (Å²) < 4.78 is 10.5. The third kappa shape index (κ3) is 3.17. The maximum atomic E-state index is 14.1. The molecule has 1 atom stereocenters. The van der Waals surface area contributed by atoms with Crippen molar-refractivity contribution in [1.29, 1.82) is 0 Å². The first-order valence-corrected chi connectivity index (χ1v) is 11.8. The van der Waals surface area contributed by atoms with Gasteiger partial charge in [-0.05, 0) is 60.7 Å². The zero-order valence-electron chi connectivity index (χ0n) is 20.2. The number of hydrogen-bond donors (Lipinski definition) is 0. The van der Waals surface area contributed by atoms with Crippen LogP contribution in [0.25, 0.3) is 0 Å². The molecule has 0 fully saturated rings. The molecule has 0 aromatic heterocycles. The SMILES string of the molecule is COc1ccc(N2C(=O)c3ccccc3C23c2ccccc2C(=O)N3c2ccc(OC(C)=O)cc2)cc1. The van der Waals surface area contributed by atoms with Crippen molar-refractivity contribution in [1.82, 2.24) is 0 Å². The molecule has 4 aromatic rings. The van der Waals surface area contributed by atoms with Gasteiger partial charge in [-0.3, -0.25) is 24.2 Å². The Morgan fingerprint density at radius 2 is 1.08 bits per heavy atom. The first-order valence-electron chi connectivity index (χ1n) is 11.8. The number of carbonyl (C=O) groups excluding carboxylic acids is 3. The fraction of sp³-hybridized carbons (Fsp3) is 0.100. The van der Waals surface area contributed by atoms with E-state index in [2.05, 4.69) is 0 Å². The molecular weight excluding hydrogens is 468 g/mol. The second-order valence-electron chi connectivity index (χ2n) is 8.83. The lowest BCUT2D eigenvalue weighted by molar-refractivity contribution is -0.131. The molecule has 1 unspecified atom stereocenters. The highest BCUT2D eigenvalue weighted by Gasteiger charge is 2.62. The Morgan fingerprint density at radius 1 is 0.649 bits per heavy atom. The van der Waals surface area contributed by atoms with Crippen LogP contribution in [0.4, 0.5) is 11.4 Å². The fourth-order valence-corrected chi connectivity index (χ4v) is 5.38. The number of fused-ring (bicyclic) bond motifs is 4. The van der Waals surface area contributed by atoms with Crippen molar-refractivity contribution in [2.24, 2.45) is 0 Å². The molecule has 0 saturated heterocycles. The maximum Gasteiger partial charge on any atom is 0.308 e. The molecule has 2 amide bonds. The van der Waals surface area contributed by atoms with Gasteiger partial charge in [-0.2, -0.15) is 0 Å². The summed E-state index contributed by atoms with van der Waals surface area (Å²) in [6.45, 7) is 1.33. The maximum absolute atomic E-state index is 14.1. The molecule has 2 aliphatic heterocycles. The van der Waals surface area contributed by atoms with E-state index in [-0.39, 0.29) is 11.8 Å². The average Bonchev–Trinajstić information content (AvgIpc) is 3.33. The zero-order valence-corrected chi connectivity index (χ0v) is 20.2. The van der Waals surface area contributed by atoms with Crippen LogP contribution in [0, 0.1) is 0 Å². The number of rotatable bonds is 4. The first-order chi connectivity index (χ1) is 18.0. The van der Waals surface area contributed by atoms with Crippen LogP contribution in [0.3, 0.4) is 0 Å². The molecular formula is C30H22N2O5. The number of benzene rings is 4. The van der Waals surface area contributed by atoms with Gasteiger partial charge >= 0.3 is 5.97 Å². The number of anilines is 2. The minimum atomic E-state index is -1.26. The third-order valence-electron chi connectivity index (χ3n) is 6.81. The highest BCUT2D eigenvalue weighted by Crippen LogP contribution is 2.55. The highest BCUT2D eigenvalue weighted by molar-refractivity contribution is 6.21. The second kappa shape index (κ2) is 8.34. The Kier molecular flexibility index (Phi) is 5.08. The van der Waals surface area contributed by atoms with Crippen molar-refractivity contribution in [2.75, 3.05) is 16.9 Å². The van der Waals surface area contributed by atoms with Gasteiger partial charge in [-0.15, -0.1) is 0 Å². The van der Waals surface area contributed by atoms with Crippen molar-refractivity contribution < 1.29 is 23.9 Å². The monoisotopic (exact) mass is 490 g/mol. The molecule has 6 rings (SSSR count). The van der Waals surface area contributed by atoms with E-state index in [9.17, 15) is 14.4 Å². The minimum Gasteiger partial charge on any atom is -0.497 e. The van der Waals surface area contributed by atoms with Gasteiger partial charge in [0, 0.05) is 40.6 Å². The van der Waals surface area contributed by atoms with E-state index in [1.54, 1.807) is 65.4 Å². The summed E-state index contributed by atoms with van der Waals surface area (Å²) in [6, 6.07) is 28.7. The average molecular weight is 491 g/mol. The van der Waals surface area contributed by atoms with Crippen LogP contribution in [-0.4, -0.2) is 24.9 Å². The lowest BCUT2D eigenvalue weighted by atomic mass is 9.89. The molecule has 7 nitrogen and oxygen atoms in total. The van der Waals surface area contributed by atoms with Crippen LogP contribution in [0.15, 0.2) is 97.1 Å². The summed E-state index contributed by atoms with van der Waals surface area (Å²) >= 11 is 0. The van der Waals surface area contributed by atoms with Gasteiger partial charge in [0.1, 0.15) is 11.5 Å². The van der Waals surface area contributed by atoms with Gasteiger partial charge in [0.2, 0.25) is 0 Å². The Morgan fingerprint density at radius 3 is 1.51 bits per heavy atom. The van der Waals surface area contributed by atoms with E-state index in [0.717, 1.165) is 0 Å². The van der Waals surface area contributed by atoms with Crippen molar-refractivity contribution in [3.63, 3.8) is 0 Å². The number of carbonyl (C=O) groups is 3. The molecule has 1 spiro atoms. The predicted octanol–water partition coefficient (Wildman–Crippen LogP) is 5.14. The van der Waals surface area contributed by atoms with Crippen molar-refractivity contribution in [3.8, 4) is 11.5 Å². The van der Waals surface area contributed by atoms with E-state index >= 15 is 0 Å². The van der Waals surface area contributed by atoms with E-state index in [1.165, 1.54) is 6.92 Å². The van der Waals surface area contributed by atoms with Gasteiger partial charge in [0.05, 0.1) is 7.11 Å². The third-order valence-corrected chi connectivity index (χ3v) is 6.81. The normalized spacial score (nSPS) is 17.7. The second-order valence-corrected chi connectivity index (χ2v) is 8.83. The number of methoxy groups -OCH3 is 1. The summed E-state index contributed by atoms with van der Waals surface area (Å²) in [6.07, 6.45) is 0. The van der Waals surface area contributed by atoms with E-state index in [0.29, 0.717) is 45.1 Å². The van der Waals surface area contributed by atoms with Crippen LogP contribution in [0.5, 0.6) is 11.5 Å². The van der Waals surface area contributed by atoms with Gasteiger partial charge in [-0.1, -0.05) is 36.4 Å². The zero-order chi connectivity index (χ0) is 25.7. The number of ether oxygens (including phenoxy) is 2. The molecule has 0 saturated carbocycles. The largest absolute Gasteiger partial charge is 0.497 e. The molecule has 7 heteroatoms. The summed E-state index contributed by atoms with van der Waals surface area (Å²) in [5.74, 6) is 0.132. The molecule has 4 aromatic carbocycles. The fourth-order valence-electron chi connectivity index (χ4n) is 5.38. The molecule has 0 radical (unpaired) electrons. The lowest BCUT2D eigenvalue weighted by Gasteiger charge is -2.43. The van der Waals surface area contributed by atoms with Gasteiger partial charge < -0.3 is 9.47 Å². The molecule has 0 bridgehead atoms. The Bertz CT molecular complexity index is 1550. The van der Waals surface area contributed by atoms with Crippen LogP contribution in [-0.2, 0) is 10.5 Å². The Labute approximate surface area is 213 Å². The van der Waals surface area contributed by atoms with Crippen LogP contribution in [0.1, 0.15) is 38.8 Å². The molecule has 37 heavy (non-hydrogen) atoms. The molecule has 0 N–H and O–H groups in total. The Hall–Kier alpha value is -4.91. The quantitative estimate of drug-likeness (QED) is 0.292. The standard InChI is InChI=1S/C30H22N2O5/c1-19(33)37-23-17-13-21(14-18-23)32-29(35)25-8-4-6-10-27(25)30(32)26-9-5-3-7-24(26)28(34)31(30)20-11-15-22(36-2)16-12-20/h3-18H,1-2H3. The molecule has 2 heterocycles. The summed E-state index contributed by atoms with van der Waals surface area (Å²) in [5.41, 5.74) is 2.35. The Balaban J connectivity index is 1.64. The van der Waals surface area contributed by atoms with E-state index in [1.807, 2.05) is 48.5 Å². The molecule has 0 aliphatic carbocycles. The van der Waals surface area contributed by atoms with Gasteiger partial charge in [0.25, 0.3) is 11.8 Å². The highest BCUT2D eigenvalue weighted by atomic mass is 16.5. The van der Waals surface area contributed by atoms with Crippen LogP contribution >= 0.6 is 0 Å². The number of esters is 1. The van der Waals surface area contributed by atoms with E-state index in [4.69, 9.17) is 9.47 Å². The van der Waals surface area contributed by atoms with E-state index < -0.39 is 11.6 Å². The lowest BCUT2D eigenvalue weighted by Crippen LogP contribution is -2.56. The number of nitrogens with zero attached hydrogens (tertiary/aromatic N) is 2. The summed E-state index contributed by atoms with van der Waals surface area (Å²) in [7, 11) is 1.58. The number of amides is 2. The van der Waals surface area contributed by atoms with Gasteiger partial charge in [0.15, 0.2) is 5.66 Å². The smallest absolute Gasteiger partial charge is 0.308 e. The van der Waals surface area contributed by atoms with Crippen molar-refractivity contribution in [3.05, 3.63) is 119 Å². The van der Waals surface area contributed by atoms with Gasteiger partial charge in [-0.25, -0.2) is 0 Å². The predicted molar refractivity (Wildman–Crippen MR) is 138 cm³/mol. The number of hydrogen-bond acceptors (Lipinski definition) is 5.